The van der Waals surface area contributed by atoms with E-state index in [2.05, 4.69) is 46.1 Å². The van der Waals surface area contributed by atoms with Gasteiger partial charge in [0.05, 0.1) is 6.20 Å². The summed E-state index contributed by atoms with van der Waals surface area (Å²) < 4.78 is 6.72. The molecule has 0 aromatic carbocycles. The third kappa shape index (κ3) is 4.58. The van der Waals surface area contributed by atoms with Gasteiger partial charge in [-0.15, -0.1) is 11.3 Å². The van der Waals surface area contributed by atoms with Crippen LogP contribution in [-0.4, -0.2) is 11.5 Å². The molecule has 0 saturated heterocycles. The smallest absolute Gasteiger partial charge is 0.139 e. The standard InChI is InChI=1S/C15H19BrN2OS/c1-3-4-17-9-15-5-12(11(2)20-15)10-19-14-6-13(16)7-18-8-14/h5-8,17H,3-4,9-10H2,1-2H3. The minimum absolute atomic E-state index is 0.592. The Balaban J connectivity index is 1.92. The van der Waals surface area contributed by atoms with E-state index < -0.39 is 0 Å². The van der Waals surface area contributed by atoms with E-state index in [0.717, 1.165) is 29.7 Å². The van der Waals surface area contributed by atoms with E-state index in [1.54, 1.807) is 12.4 Å². The number of aryl methyl sites for hydroxylation is 1. The van der Waals surface area contributed by atoms with Crippen LogP contribution in [0.2, 0.25) is 0 Å². The van der Waals surface area contributed by atoms with Crippen LogP contribution >= 0.6 is 27.3 Å². The Bertz CT molecular complexity index is 557. The Labute approximate surface area is 132 Å². The van der Waals surface area contributed by atoms with Crippen molar-refractivity contribution in [2.75, 3.05) is 6.54 Å². The van der Waals surface area contributed by atoms with Gasteiger partial charge in [-0.3, -0.25) is 4.98 Å². The molecule has 20 heavy (non-hydrogen) atoms. The first-order chi connectivity index (χ1) is 9.69. The van der Waals surface area contributed by atoms with Crippen molar-refractivity contribution in [3.63, 3.8) is 0 Å². The van der Waals surface area contributed by atoms with Crippen molar-refractivity contribution >= 4 is 27.3 Å². The van der Waals surface area contributed by atoms with E-state index in [-0.39, 0.29) is 0 Å². The molecule has 2 aromatic rings. The zero-order valence-electron chi connectivity index (χ0n) is 11.8. The molecule has 3 nitrogen and oxygen atoms in total. The molecule has 2 rings (SSSR count). The topological polar surface area (TPSA) is 34.1 Å². The third-order valence-corrected chi connectivity index (χ3v) is 4.40. The highest BCUT2D eigenvalue weighted by molar-refractivity contribution is 9.10. The average Bonchev–Trinajstić information content (AvgIpc) is 2.77. The van der Waals surface area contributed by atoms with Gasteiger partial charge in [-0.25, -0.2) is 0 Å². The molecule has 0 bridgehead atoms. The summed E-state index contributed by atoms with van der Waals surface area (Å²) in [6.07, 6.45) is 4.65. The first-order valence-electron chi connectivity index (χ1n) is 6.71. The van der Waals surface area contributed by atoms with Crippen LogP contribution in [-0.2, 0) is 13.2 Å². The molecule has 0 aliphatic carbocycles. The molecule has 0 aliphatic heterocycles. The molecule has 0 aliphatic rings. The molecule has 1 N–H and O–H groups in total. The van der Waals surface area contributed by atoms with Gasteiger partial charge in [0, 0.05) is 32.5 Å². The van der Waals surface area contributed by atoms with Crippen LogP contribution in [0.3, 0.4) is 0 Å². The number of aromatic nitrogens is 1. The molecular weight excluding hydrogens is 336 g/mol. The molecule has 0 radical (unpaired) electrons. The number of rotatable bonds is 7. The first kappa shape index (κ1) is 15.5. The number of nitrogens with zero attached hydrogens (tertiary/aromatic N) is 1. The zero-order valence-corrected chi connectivity index (χ0v) is 14.2. The minimum Gasteiger partial charge on any atom is -0.487 e. The van der Waals surface area contributed by atoms with Crippen molar-refractivity contribution in [2.45, 2.75) is 33.4 Å². The van der Waals surface area contributed by atoms with Crippen molar-refractivity contribution in [1.82, 2.24) is 10.3 Å². The van der Waals surface area contributed by atoms with Crippen LogP contribution in [0.15, 0.2) is 29.0 Å². The molecule has 0 fully saturated rings. The number of pyridine rings is 1. The summed E-state index contributed by atoms with van der Waals surface area (Å²) in [5.41, 5.74) is 1.25. The predicted octanol–water partition coefficient (Wildman–Crippen LogP) is 4.29. The maximum atomic E-state index is 5.79. The van der Waals surface area contributed by atoms with E-state index in [1.807, 2.05) is 17.4 Å². The summed E-state index contributed by atoms with van der Waals surface area (Å²) in [7, 11) is 0. The molecule has 2 heterocycles. The molecular formula is C15H19BrN2OS. The fourth-order valence-corrected chi connectivity index (χ4v) is 3.20. The SMILES string of the molecule is CCCNCc1cc(COc2cncc(Br)c2)c(C)s1. The lowest BCUT2D eigenvalue weighted by atomic mass is 10.2. The van der Waals surface area contributed by atoms with Crippen LogP contribution in [0, 0.1) is 6.92 Å². The highest BCUT2D eigenvalue weighted by Crippen LogP contribution is 2.24. The lowest BCUT2D eigenvalue weighted by Gasteiger charge is -2.05. The quantitative estimate of drug-likeness (QED) is 0.753. The van der Waals surface area contributed by atoms with Crippen LogP contribution in [0.25, 0.3) is 0 Å². The summed E-state index contributed by atoms with van der Waals surface area (Å²) in [5, 5.41) is 3.43. The Hall–Kier alpha value is -0.910. The van der Waals surface area contributed by atoms with Crippen LogP contribution < -0.4 is 10.1 Å². The van der Waals surface area contributed by atoms with Crippen molar-refractivity contribution in [1.29, 1.82) is 0 Å². The second-order valence-corrected chi connectivity index (χ2v) is 6.85. The molecule has 108 valence electrons. The van der Waals surface area contributed by atoms with E-state index in [9.17, 15) is 0 Å². The summed E-state index contributed by atoms with van der Waals surface area (Å²) in [6, 6.07) is 4.16. The van der Waals surface area contributed by atoms with Gasteiger partial charge in [-0.1, -0.05) is 6.92 Å². The van der Waals surface area contributed by atoms with Gasteiger partial charge in [-0.05, 0) is 48.0 Å². The van der Waals surface area contributed by atoms with Gasteiger partial charge < -0.3 is 10.1 Å². The summed E-state index contributed by atoms with van der Waals surface area (Å²) in [5.74, 6) is 0.788. The van der Waals surface area contributed by atoms with E-state index in [1.165, 1.54) is 15.3 Å². The summed E-state index contributed by atoms with van der Waals surface area (Å²) in [6.45, 7) is 6.92. The molecule has 5 heteroatoms. The van der Waals surface area contributed by atoms with Crippen LogP contribution in [0.4, 0.5) is 0 Å². The Kier molecular flexibility index (Phi) is 6.01. The van der Waals surface area contributed by atoms with Gasteiger partial charge in [0.15, 0.2) is 0 Å². The Morgan fingerprint density at radius 2 is 2.20 bits per heavy atom. The molecule has 0 saturated carbocycles. The second kappa shape index (κ2) is 7.76. The zero-order chi connectivity index (χ0) is 14.4. The summed E-state index contributed by atoms with van der Waals surface area (Å²) >= 11 is 5.23. The van der Waals surface area contributed by atoms with Crippen molar-refractivity contribution in [2.24, 2.45) is 0 Å². The fourth-order valence-electron chi connectivity index (χ4n) is 1.84. The van der Waals surface area contributed by atoms with Gasteiger partial charge in [-0.2, -0.15) is 0 Å². The van der Waals surface area contributed by atoms with Gasteiger partial charge in [0.1, 0.15) is 12.4 Å². The maximum Gasteiger partial charge on any atom is 0.139 e. The summed E-state index contributed by atoms with van der Waals surface area (Å²) in [4.78, 5) is 6.78. The van der Waals surface area contributed by atoms with Crippen molar-refractivity contribution in [3.8, 4) is 5.75 Å². The first-order valence-corrected chi connectivity index (χ1v) is 8.32. The Morgan fingerprint density at radius 1 is 1.35 bits per heavy atom. The van der Waals surface area contributed by atoms with Crippen LogP contribution in [0.1, 0.15) is 28.7 Å². The minimum atomic E-state index is 0.592. The normalized spacial score (nSPS) is 10.8. The number of hydrogen-bond donors (Lipinski definition) is 1. The lowest BCUT2D eigenvalue weighted by Crippen LogP contribution is -2.12. The number of ether oxygens (including phenoxy) is 1. The molecule has 0 amide bonds. The van der Waals surface area contributed by atoms with E-state index >= 15 is 0 Å². The lowest BCUT2D eigenvalue weighted by molar-refractivity contribution is 0.304. The van der Waals surface area contributed by atoms with E-state index in [0.29, 0.717) is 6.61 Å². The van der Waals surface area contributed by atoms with Crippen molar-refractivity contribution < 1.29 is 4.74 Å². The molecule has 0 unspecified atom stereocenters. The average molecular weight is 355 g/mol. The van der Waals surface area contributed by atoms with Gasteiger partial charge in [0.25, 0.3) is 0 Å². The van der Waals surface area contributed by atoms with Crippen LogP contribution in [0.5, 0.6) is 5.75 Å². The Morgan fingerprint density at radius 3 is 2.95 bits per heavy atom. The number of nitrogens with one attached hydrogen (secondary N) is 1. The largest absolute Gasteiger partial charge is 0.487 e. The fraction of sp³-hybridized carbons (Fsp3) is 0.400. The highest BCUT2D eigenvalue weighted by atomic mass is 79.9. The number of hydrogen-bond acceptors (Lipinski definition) is 4. The predicted molar refractivity (Wildman–Crippen MR) is 87.3 cm³/mol. The highest BCUT2D eigenvalue weighted by Gasteiger charge is 2.06. The van der Waals surface area contributed by atoms with Gasteiger partial charge >= 0.3 is 0 Å². The third-order valence-electron chi connectivity index (χ3n) is 2.87. The number of halogens is 1. The molecule has 2 aromatic heterocycles. The van der Waals surface area contributed by atoms with Crippen molar-refractivity contribution in [3.05, 3.63) is 44.3 Å². The number of thiophene rings is 1. The monoisotopic (exact) mass is 354 g/mol. The van der Waals surface area contributed by atoms with Gasteiger partial charge in [0.2, 0.25) is 0 Å². The maximum absolute atomic E-state index is 5.79. The van der Waals surface area contributed by atoms with E-state index in [4.69, 9.17) is 4.74 Å². The molecule has 0 atom stereocenters. The second-order valence-electron chi connectivity index (χ2n) is 4.60. The molecule has 0 spiro atoms.